The maximum absolute atomic E-state index is 11.2. The highest BCUT2D eigenvalue weighted by molar-refractivity contribution is 6.33. The molecule has 1 saturated heterocycles. The van der Waals surface area contributed by atoms with Crippen molar-refractivity contribution in [2.24, 2.45) is 0 Å². The molecule has 0 atom stereocenters. The Morgan fingerprint density at radius 3 is 2.65 bits per heavy atom. The van der Waals surface area contributed by atoms with Crippen LogP contribution in [0, 0.1) is 0 Å². The zero-order chi connectivity index (χ0) is 11.5. The second-order valence-electron chi connectivity index (χ2n) is 3.82. The maximum Gasteiger partial charge on any atom is 0.161 e. The Hall–Kier alpha value is -0.840. The van der Waals surface area contributed by atoms with E-state index in [0.717, 1.165) is 32.0 Å². The van der Waals surface area contributed by atoms with Crippen LogP contribution in [0.4, 0.5) is 5.82 Å². The quantitative estimate of drug-likeness (QED) is 0.836. The van der Waals surface area contributed by atoms with Gasteiger partial charge in [0.15, 0.2) is 5.78 Å². The van der Waals surface area contributed by atoms with Crippen molar-refractivity contribution in [2.75, 3.05) is 31.1 Å². The largest absolute Gasteiger partial charge is 0.353 e. The van der Waals surface area contributed by atoms with Crippen LogP contribution in [0.25, 0.3) is 0 Å². The number of hydrogen-bond acceptors (Lipinski definition) is 4. The number of pyridine rings is 1. The summed E-state index contributed by atoms with van der Waals surface area (Å²) in [5, 5.41) is 3.82. The van der Waals surface area contributed by atoms with E-state index in [2.05, 4.69) is 15.2 Å². The molecule has 0 spiro atoms. The van der Waals surface area contributed by atoms with Gasteiger partial charge in [-0.15, -0.1) is 12.4 Å². The number of ketones is 1. The molecule has 1 aromatic heterocycles. The Bertz CT molecular complexity index is 406. The summed E-state index contributed by atoms with van der Waals surface area (Å²) in [6, 6.07) is 1.69. The first-order chi connectivity index (χ1) is 7.68. The van der Waals surface area contributed by atoms with Crippen LogP contribution in [0.5, 0.6) is 0 Å². The summed E-state index contributed by atoms with van der Waals surface area (Å²) in [6.45, 7) is 5.18. The fraction of sp³-hybridized carbons (Fsp3) is 0.455. The molecule has 1 fully saturated rings. The molecule has 4 nitrogen and oxygen atoms in total. The van der Waals surface area contributed by atoms with Crippen molar-refractivity contribution < 1.29 is 4.79 Å². The van der Waals surface area contributed by atoms with Crippen LogP contribution < -0.4 is 10.2 Å². The molecule has 0 bridgehead atoms. The topological polar surface area (TPSA) is 45.2 Å². The minimum atomic E-state index is -0.0127. The van der Waals surface area contributed by atoms with Crippen molar-refractivity contribution in [1.29, 1.82) is 0 Å². The zero-order valence-corrected chi connectivity index (χ0v) is 11.1. The molecule has 1 aromatic rings. The Labute approximate surface area is 112 Å². The van der Waals surface area contributed by atoms with Crippen LogP contribution in [0.3, 0.4) is 0 Å². The van der Waals surface area contributed by atoms with Gasteiger partial charge in [0.05, 0.1) is 5.02 Å². The highest BCUT2D eigenvalue weighted by Crippen LogP contribution is 2.24. The Morgan fingerprint density at radius 1 is 1.47 bits per heavy atom. The van der Waals surface area contributed by atoms with Crippen molar-refractivity contribution in [3.63, 3.8) is 0 Å². The molecule has 1 N–H and O–H groups in total. The van der Waals surface area contributed by atoms with Crippen molar-refractivity contribution in [1.82, 2.24) is 10.3 Å². The third-order valence-corrected chi connectivity index (χ3v) is 2.92. The first kappa shape index (κ1) is 14.2. The van der Waals surface area contributed by atoms with Crippen LogP contribution in [0.15, 0.2) is 12.3 Å². The lowest BCUT2D eigenvalue weighted by Gasteiger charge is -2.29. The standard InChI is InChI=1S/C11H14ClN3O.ClH/c1-8(16)9-6-10(12)11(14-7-9)15-4-2-13-3-5-15;/h6-7,13H,2-5H2,1H3;1H. The average Bonchev–Trinajstić information content (AvgIpc) is 2.30. The maximum atomic E-state index is 11.2. The lowest BCUT2D eigenvalue weighted by molar-refractivity contribution is 0.101. The predicted octanol–water partition coefficient (Wildman–Crippen LogP) is 1.77. The number of rotatable bonds is 2. The van der Waals surface area contributed by atoms with Crippen molar-refractivity contribution in [3.05, 3.63) is 22.8 Å². The zero-order valence-electron chi connectivity index (χ0n) is 9.57. The smallest absolute Gasteiger partial charge is 0.161 e. The van der Waals surface area contributed by atoms with E-state index in [9.17, 15) is 4.79 Å². The molecule has 0 radical (unpaired) electrons. The number of halogens is 2. The lowest BCUT2D eigenvalue weighted by atomic mass is 10.2. The van der Waals surface area contributed by atoms with Crippen molar-refractivity contribution in [3.8, 4) is 0 Å². The van der Waals surface area contributed by atoms with E-state index in [1.165, 1.54) is 6.92 Å². The first-order valence-corrected chi connectivity index (χ1v) is 5.68. The van der Waals surface area contributed by atoms with Gasteiger partial charge >= 0.3 is 0 Å². The fourth-order valence-electron chi connectivity index (χ4n) is 1.73. The molecule has 0 aliphatic carbocycles. The Balaban J connectivity index is 0.00000144. The fourth-order valence-corrected chi connectivity index (χ4v) is 2.02. The molecule has 1 aliphatic rings. The molecule has 0 aromatic carbocycles. The molecule has 6 heteroatoms. The number of anilines is 1. The van der Waals surface area contributed by atoms with Gasteiger partial charge in [-0.1, -0.05) is 11.6 Å². The van der Waals surface area contributed by atoms with Gasteiger partial charge in [-0.25, -0.2) is 4.98 Å². The van der Waals surface area contributed by atoms with Crippen LogP contribution in [0.1, 0.15) is 17.3 Å². The van der Waals surface area contributed by atoms with E-state index >= 15 is 0 Å². The van der Waals surface area contributed by atoms with E-state index in [1.54, 1.807) is 12.3 Å². The van der Waals surface area contributed by atoms with Gasteiger partial charge in [0.2, 0.25) is 0 Å². The molecule has 94 valence electrons. The van der Waals surface area contributed by atoms with Gasteiger partial charge in [-0.05, 0) is 13.0 Å². The molecule has 0 saturated carbocycles. The highest BCUT2D eigenvalue weighted by Gasteiger charge is 2.15. The molecule has 2 heterocycles. The van der Waals surface area contributed by atoms with Crippen LogP contribution in [0.2, 0.25) is 5.02 Å². The summed E-state index contributed by atoms with van der Waals surface area (Å²) in [5.41, 5.74) is 0.559. The summed E-state index contributed by atoms with van der Waals surface area (Å²) >= 11 is 6.13. The number of nitrogens with one attached hydrogen (secondary N) is 1. The normalized spacial score (nSPS) is 15.3. The Morgan fingerprint density at radius 2 is 2.12 bits per heavy atom. The second kappa shape index (κ2) is 6.19. The molecule has 0 unspecified atom stereocenters. The van der Waals surface area contributed by atoms with Gasteiger partial charge in [0, 0.05) is 37.9 Å². The van der Waals surface area contributed by atoms with E-state index in [1.807, 2.05) is 0 Å². The minimum Gasteiger partial charge on any atom is -0.353 e. The molecular weight excluding hydrogens is 261 g/mol. The van der Waals surface area contributed by atoms with Crippen LogP contribution in [-0.4, -0.2) is 36.9 Å². The molecule has 17 heavy (non-hydrogen) atoms. The lowest BCUT2D eigenvalue weighted by Crippen LogP contribution is -2.44. The van der Waals surface area contributed by atoms with E-state index < -0.39 is 0 Å². The van der Waals surface area contributed by atoms with Gasteiger partial charge in [0.25, 0.3) is 0 Å². The van der Waals surface area contributed by atoms with E-state index in [-0.39, 0.29) is 18.2 Å². The third kappa shape index (κ3) is 3.31. The third-order valence-electron chi connectivity index (χ3n) is 2.64. The SMILES string of the molecule is CC(=O)c1cnc(N2CCNCC2)c(Cl)c1.Cl. The number of carbonyl (C=O) groups is 1. The predicted molar refractivity (Wildman–Crippen MR) is 71.6 cm³/mol. The molecule has 1 aliphatic heterocycles. The number of Topliss-reactive ketones (excluding diaryl/α,β-unsaturated/α-hetero) is 1. The number of piperazine rings is 1. The van der Waals surface area contributed by atoms with Gasteiger partial charge in [0.1, 0.15) is 5.82 Å². The summed E-state index contributed by atoms with van der Waals surface area (Å²) in [4.78, 5) is 17.6. The number of hydrogen-bond donors (Lipinski definition) is 1. The van der Waals surface area contributed by atoms with Gasteiger partial charge < -0.3 is 10.2 Å². The van der Waals surface area contributed by atoms with Gasteiger partial charge in [-0.2, -0.15) is 0 Å². The Kier molecular flexibility index (Phi) is 5.18. The molecular formula is C11H15Cl2N3O. The minimum absolute atomic E-state index is 0. The number of carbonyl (C=O) groups excluding carboxylic acids is 1. The highest BCUT2D eigenvalue weighted by atomic mass is 35.5. The summed E-state index contributed by atoms with van der Waals surface area (Å²) in [5.74, 6) is 0.759. The molecule has 0 amide bonds. The van der Waals surface area contributed by atoms with Gasteiger partial charge in [-0.3, -0.25) is 4.79 Å². The summed E-state index contributed by atoms with van der Waals surface area (Å²) in [6.07, 6.45) is 1.59. The van der Waals surface area contributed by atoms with E-state index in [0.29, 0.717) is 10.6 Å². The van der Waals surface area contributed by atoms with Crippen LogP contribution >= 0.6 is 24.0 Å². The summed E-state index contributed by atoms with van der Waals surface area (Å²) < 4.78 is 0. The first-order valence-electron chi connectivity index (χ1n) is 5.30. The van der Waals surface area contributed by atoms with Crippen molar-refractivity contribution >= 4 is 35.6 Å². The number of aromatic nitrogens is 1. The average molecular weight is 276 g/mol. The molecule has 2 rings (SSSR count). The monoisotopic (exact) mass is 275 g/mol. The summed E-state index contributed by atoms with van der Waals surface area (Å²) in [7, 11) is 0. The van der Waals surface area contributed by atoms with E-state index in [4.69, 9.17) is 11.6 Å². The second-order valence-corrected chi connectivity index (χ2v) is 4.23. The van der Waals surface area contributed by atoms with Crippen molar-refractivity contribution in [2.45, 2.75) is 6.92 Å². The number of nitrogens with zero attached hydrogens (tertiary/aromatic N) is 2. The van der Waals surface area contributed by atoms with Crippen LogP contribution in [-0.2, 0) is 0 Å².